The van der Waals surface area contributed by atoms with Gasteiger partial charge in [-0.25, -0.2) is 23.2 Å². The normalized spacial score (nSPS) is 14.4. The van der Waals surface area contributed by atoms with Crippen LogP contribution in [0.4, 0.5) is 11.6 Å². The monoisotopic (exact) mass is 418 g/mol. The molecule has 0 saturated carbocycles. The van der Waals surface area contributed by atoms with Crippen molar-refractivity contribution in [1.82, 2.24) is 9.97 Å². The Hall–Kier alpha value is -2.72. The van der Waals surface area contributed by atoms with Crippen molar-refractivity contribution in [1.29, 1.82) is 0 Å². The number of methoxy groups -OCH3 is 1. The Morgan fingerprint density at radius 1 is 1.14 bits per heavy atom. The lowest BCUT2D eigenvalue weighted by Gasteiger charge is -2.20. The summed E-state index contributed by atoms with van der Waals surface area (Å²) in [6, 6.07) is 8.68. The number of nitrogens with zero attached hydrogens (tertiary/aromatic N) is 3. The fraction of sp³-hybridized carbons (Fsp3) is 0.278. The molecule has 1 N–H and O–H groups in total. The maximum absolute atomic E-state index is 13.0. The molecule has 0 aliphatic carbocycles. The molecule has 3 heterocycles. The van der Waals surface area contributed by atoms with Gasteiger partial charge in [-0.3, -0.25) is 4.72 Å². The van der Waals surface area contributed by atoms with E-state index >= 15 is 0 Å². The van der Waals surface area contributed by atoms with E-state index in [-0.39, 0.29) is 15.6 Å². The molecule has 10 heteroatoms. The van der Waals surface area contributed by atoms with Crippen molar-refractivity contribution in [2.45, 2.75) is 17.7 Å². The van der Waals surface area contributed by atoms with Gasteiger partial charge in [0, 0.05) is 13.1 Å². The fourth-order valence-corrected chi connectivity index (χ4v) is 5.48. The molecule has 8 nitrogen and oxygen atoms in total. The summed E-state index contributed by atoms with van der Waals surface area (Å²) in [5.41, 5.74) is 1.28. The average Bonchev–Trinajstić information content (AvgIpc) is 3.38. The molecule has 146 valence electrons. The number of anilines is 2. The Kier molecular flexibility index (Phi) is 4.90. The zero-order chi connectivity index (χ0) is 19.7. The van der Waals surface area contributed by atoms with E-state index in [0.717, 1.165) is 37.3 Å². The highest BCUT2D eigenvalue weighted by molar-refractivity contribution is 7.93. The largest absolute Gasteiger partial charge is 0.465 e. The molecule has 0 amide bonds. The van der Waals surface area contributed by atoms with Gasteiger partial charge in [0.25, 0.3) is 10.0 Å². The summed E-state index contributed by atoms with van der Waals surface area (Å²) in [7, 11) is -2.83. The minimum Gasteiger partial charge on any atom is -0.465 e. The first kappa shape index (κ1) is 18.6. The molecule has 1 aliphatic heterocycles. The van der Waals surface area contributed by atoms with Crippen LogP contribution < -0.4 is 9.62 Å². The molecule has 0 bridgehead atoms. The molecule has 0 radical (unpaired) electrons. The van der Waals surface area contributed by atoms with Crippen LogP contribution >= 0.6 is 11.3 Å². The van der Waals surface area contributed by atoms with E-state index < -0.39 is 16.0 Å². The van der Waals surface area contributed by atoms with Gasteiger partial charge in [0.1, 0.15) is 9.77 Å². The molecular formula is C18H18N4O4S2. The number of fused-ring (bicyclic) bond motifs is 1. The van der Waals surface area contributed by atoms with Crippen LogP contribution in [-0.4, -0.2) is 44.6 Å². The van der Waals surface area contributed by atoms with Gasteiger partial charge in [-0.15, -0.1) is 11.3 Å². The summed E-state index contributed by atoms with van der Waals surface area (Å²) in [5, 5.41) is 1.54. The van der Waals surface area contributed by atoms with E-state index in [1.54, 1.807) is 6.07 Å². The van der Waals surface area contributed by atoms with Crippen molar-refractivity contribution in [2.75, 3.05) is 29.8 Å². The van der Waals surface area contributed by atoms with Crippen molar-refractivity contribution in [3.8, 4) is 0 Å². The number of sulfonamides is 1. The predicted molar refractivity (Wildman–Crippen MR) is 107 cm³/mol. The summed E-state index contributed by atoms with van der Waals surface area (Å²) in [6.45, 7) is 1.57. The number of nitrogens with one attached hydrogen (secondary N) is 1. The van der Waals surface area contributed by atoms with E-state index in [1.165, 1.54) is 18.6 Å². The summed E-state index contributed by atoms with van der Waals surface area (Å²) in [5.74, 6) is -0.0445. The van der Waals surface area contributed by atoms with Gasteiger partial charge in [0.2, 0.25) is 0 Å². The van der Waals surface area contributed by atoms with Gasteiger partial charge < -0.3 is 9.64 Å². The van der Waals surface area contributed by atoms with E-state index in [1.807, 2.05) is 23.1 Å². The summed E-state index contributed by atoms with van der Waals surface area (Å²) < 4.78 is 33.2. The fourth-order valence-electron chi connectivity index (χ4n) is 3.14. The number of rotatable bonds is 5. The van der Waals surface area contributed by atoms with Gasteiger partial charge in [-0.05, 0) is 36.4 Å². The number of para-hydroxylation sites is 2. The van der Waals surface area contributed by atoms with Gasteiger partial charge in [-0.2, -0.15) is 0 Å². The highest BCUT2D eigenvalue weighted by atomic mass is 32.2. The number of aromatic nitrogens is 2. The van der Waals surface area contributed by atoms with Crippen LogP contribution in [0.5, 0.6) is 0 Å². The van der Waals surface area contributed by atoms with Gasteiger partial charge in [-0.1, -0.05) is 12.1 Å². The van der Waals surface area contributed by atoms with Gasteiger partial charge in [0.05, 0.1) is 18.1 Å². The second-order valence-electron chi connectivity index (χ2n) is 6.29. The maximum Gasteiger partial charge on any atom is 0.349 e. The van der Waals surface area contributed by atoms with E-state index in [9.17, 15) is 13.2 Å². The van der Waals surface area contributed by atoms with E-state index in [4.69, 9.17) is 0 Å². The standard InChI is InChI=1S/C18H18N4O4S2/c1-26-18(23)15-14(8-11-27-15)28(24,25)21-16-17(22-9-4-5-10-22)20-13-7-3-2-6-12(13)19-16/h2-3,6-8,11H,4-5,9-10H2,1H3,(H,19,21). The number of hydrogen-bond donors (Lipinski definition) is 1. The molecule has 1 saturated heterocycles. The summed E-state index contributed by atoms with van der Waals surface area (Å²) in [6.07, 6.45) is 2.02. The third-order valence-corrected chi connectivity index (χ3v) is 6.88. The first-order valence-electron chi connectivity index (χ1n) is 8.70. The molecular weight excluding hydrogens is 400 g/mol. The lowest BCUT2D eigenvalue weighted by atomic mass is 10.3. The third kappa shape index (κ3) is 3.40. The van der Waals surface area contributed by atoms with E-state index in [0.29, 0.717) is 16.9 Å². The second-order valence-corrected chi connectivity index (χ2v) is 8.86. The molecule has 1 aliphatic rings. The van der Waals surface area contributed by atoms with Crippen molar-refractivity contribution in [3.05, 3.63) is 40.6 Å². The molecule has 0 atom stereocenters. The molecule has 0 unspecified atom stereocenters. The number of carbonyl (C=O) groups excluding carboxylic acids is 1. The summed E-state index contributed by atoms with van der Waals surface area (Å²) in [4.78, 5) is 23.0. The molecule has 2 aromatic heterocycles. The summed E-state index contributed by atoms with van der Waals surface area (Å²) >= 11 is 1.01. The maximum atomic E-state index is 13.0. The van der Waals surface area contributed by atoms with Crippen LogP contribution in [0.25, 0.3) is 11.0 Å². The lowest BCUT2D eigenvalue weighted by molar-refractivity contribution is 0.0602. The van der Waals surface area contributed by atoms with Crippen molar-refractivity contribution < 1.29 is 17.9 Å². The molecule has 1 aromatic carbocycles. The number of carbonyl (C=O) groups is 1. The van der Waals surface area contributed by atoms with Gasteiger partial charge >= 0.3 is 5.97 Å². The number of benzene rings is 1. The van der Waals surface area contributed by atoms with Crippen LogP contribution in [0.1, 0.15) is 22.5 Å². The third-order valence-electron chi connectivity index (χ3n) is 4.48. The first-order valence-corrected chi connectivity index (χ1v) is 11.1. The smallest absolute Gasteiger partial charge is 0.349 e. The first-order chi connectivity index (χ1) is 13.5. The number of hydrogen-bond acceptors (Lipinski definition) is 8. The Balaban J connectivity index is 1.79. The number of esters is 1. The minimum atomic E-state index is -4.05. The molecule has 3 aromatic rings. The number of ether oxygens (including phenoxy) is 1. The van der Waals surface area contributed by atoms with Crippen molar-refractivity contribution in [3.63, 3.8) is 0 Å². The van der Waals surface area contributed by atoms with Gasteiger partial charge in [0.15, 0.2) is 11.6 Å². The SMILES string of the molecule is COC(=O)c1sccc1S(=O)(=O)Nc1nc2ccccc2nc1N1CCCC1. The topological polar surface area (TPSA) is 101 Å². The molecule has 1 fully saturated rings. The second kappa shape index (κ2) is 7.36. The molecule has 28 heavy (non-hydrogen) atoms. The zero-order valence-corrected chi connectivity index (χ0v) is 16.7. The zero-order valence-electron chi connectivity index (χ0n) is 15.1. The van der Waals surface area contributed by atoms with Crippen molar-refractivity contribution in [2.24, 2.45) is 0 Å². The molecule has 4 rings (SSSR count). The Bertz CT molecular complexity index is 1140. The van der Waals surface area contributed by atoms with E-state index in [2.05, 4.69) is 19.4 Å². The minimum absolute atomic E-state index is 0.0199. The number of thiophene rings is 1. The Morgan fingerprint density at radius 3 is 2.50 bits per heavy atom. The molecule has 0 spiro atoms. The van der Waals surface area contributed by atoms with Crippen LogP contribution in [0, 0.1) is 0 Å². The Labute approximate surface area is 166 Å². The van der Waals surface area contributed by atoms with Crippen LogP contribution in [0.15, 0.2) is 40.6 Å². The highest BCUT2D eigenvalue weighted by Gasteiger charge is 2.28. The van der Waals surface area contributed by atoms with Crippen LogP contribution in [0.3, 0.4) is 0 Å². The Morgan fingerprint density at radius 2 is 1.82 bits per heavy atom. The van der Waals surface area contributed by atoms with Crippen molar-refractivity contribution >= 4 is 50.0 Å². The average molecular weight is 419 g/mol. The lowest BCUT2D eigenvalue weighted by Crippen LogP contribution is -2.24. The van der Waals surface area contributed by atoms with Crippen LogP contribution in [0.2, 0.25) is 0 Å². The predicted octanol–water partition coefficient (Wildman–Crippen LogP) is 2.88. The van der Waals surface area contributed by atoms with Crippen LogP contribution in [-0.2, 0) is 14.8 Å². The highest BCUT2D eigenvalue weighted by Crippen LogP contribution is 2.31. The quantitative estimate of drug-likeness (QED) is 0.636.